The minimum absolute atomic E-state index is 0.0327. The molecular weight excluding hydrogens is 260 g/mol. The average Bonchev–Trinajstić information content (AvgIpc) is 2.64. The fraction of sp³-hybridized carbons (Fsp3) is 0.0909. The fourth-order valence-electron chi connectivity index (χ4n) is 1.72. The van der Waals surface area contributed by atoms with Crippen LogP contribution in [-0.4, -0.2) is 20.4 Å². The molecule has 2 aromatic rings. The van der Waals surface area contributed by atoms with E-state index in [2.05, 4.69) is 34.4 Å². The summed E-state index contributed by atoms with van der Waals surface area (Å²) in [4.78, 5) is 0. The Morgan fingerprint density at radius 1 is 1.25 bits per heavy atom. The molecule has 1 aliphatic carbocycles. The molecule has 0 atom stereocenters. The van der Waals surface area contributed by atoms with Gasteiger partial charge in [-0.05, 0) is 0 Å². The van der Waals surface area contributed by atoms with Gasteiger partial charge in [-0.1, -0.05) is 0 Å². The van der Waals surface area contributed by atoms with Crippen LogP contribution in [0.15, 0.2) is 28.4 Å². The Bertz CT molecular complexity index is 463. The van der Waals surface area contributed by atoms with Gasteiger partial charge in [-0.3, -0.25) is 0 Å². The molecule has 3 rings (SSSR count). The number of allylic oxidation sites excluding steroid dienone is 1. The molecule has 0 saturated heterocycles. The molecule has 0 saturated carbocycles. The van der Waals surface area contributed by atoms with E-state index in [4.69, 9.17) is 0 Å². The third-order valence-electron chi connectivity index (χ3n) is 2.35. The van der Waals surface area contributed by atoms with Crippen molar-refractivity contribution in [2.45, 2.75) is 6.42 Å². The van der Waals surface area contributed by atoms with Gasteiger partial charge in [-0.25, -0.2) is 0 Å². The predicted molar refractivity (Wildman–Crippen MR) is 53.6 cm³/mol. The Morgan fingerprint density at radius 2 is 2.25 bits per heavy atom. The second-order valence-electron chi connectivity index (χ2n) is 3.12. The molecule has 1 heteroatoms. The zero-order valence-electron chi connectivity index (χ0n) is 6.58. The molecule has 0 spiro atoms. The Balaban J connectivity index is 2.43. The summed E-state index contributed by atoms with van der Waals surface area (Å²) < 4.78 is 3.99. The summed E-state index contributed by atoms with van der Waals surface area (Å²) in [6.45, 7) is 0. The molecule has 0 unspecified atom stereocenters. The van der Waals surface area contributed by atoms with Crippen molar-refractivity contribution in [2.75, 3.05) is 0 Å². The molecule has 0 amide bonds. The molecule has 0 nitrogen and oxygen atoms in total. The van der Waals surface area contributed by atoms with E-state index in [1.165, 1.54) is 16.5 Å². The van der Waals surface area contributed by atoms with Gasteiger partial charge in [0.25, 0.3) is 0 Å². The molecule has 0 fully saturated rings. The van der Waals surface area contributed by atoms with Gasteiger partial charge in [-0.2, -0.15) is 0 Å². The van der Waals surface area contributed by atoms with Crippen LogP contribution in [0.5, 0.6) is 0 Å². The van der Waals surface area contributed by atoms with E-state index in [1.807, 2.05) is 0 Å². The predicted octanol–water partition coefficient (Wildman–Crippen LogP) is 2.47. The van der Waals surface area contributed by atoms with Crippen LogP contribution in [0.4, 0.5) is 0 Å². The summed E-state index contributed by atoms with van der Waals surface area (Å²) in [7, 11) is 0. The standard InChI is InChI=1S/C11H8Te/c1-2-8-6-10-4-5-12-11(10)7-9(8)3-1/h1,3-7H,2H2. The van der Waals surface area contributed by atoms with Crippen molar-refractivity contribution in [3.8, 4) is 0 Å². The van der Waals surface area contributed by atoms with Crippen molar-refractivity contribution in [1.82, 2.24) is 0 Å². The van der Waals surface area contributed by atoms with Crippen LogP contribution in [0.2, 0.25) is 0 Å². The van der Waals surface area contributed by atoms with Gasteiger partial charge in [0.1, 0.15) is 0 Å². The Morgan fingerprint density at radius 3 is 3.25 bits per heavy atom. The van der Waals surface area contributed by atoms with Crippen LogP contribution >= 0.6 is 0 Å². The van der Waals surface area contributed by atoms with E-state index in [-0.39, 0.29) is 20.4 Å². The van der Waals surface area contributed by atoms with Crippen molar-refractivity contribution in [1.29, 1.82) is 0 Å². The van der Waals surface area contributed by atoms with Crippen molar-refractivity contribution < 1.29 is 0 Å². The molecular formula is C11H8Te. The van der Waals surface area contributed by atoms with Crippen molar-refractivity contribution in [3.05, 3.63) is 39.5 Å². The zero-order valence-corrected chi connectivity index (χ0v) is 8.91. The summed E-state index contributed by atoms with van der Waals surface area (Å²) in [5.74, 6) is 0. The van der Waals surface area contributed by atoms with Crippen LogP contribution in [0.1, 0.15) is 11.1 Å². The average molecular weight is 268 g/mol. The Hall–Kier alpha value is -0.510. The van der Waals surface area contributed by atoms with Crippen LogP contribution < -0.4 is 0 Å². The van der Waals surface area contributed by atoms with Gasteiger partial charge < -0.3 is 0 Å². The third-order valence-corrected chi connectivity index (χ3v) is 4.86. The van der Waals surface area contributed by atoms with E-state index in [9.17, 15) is 0 Å². The Labute approximate surface area is 81.1 Å². The monoisotopic (exact) mass is 270 g/mol. The first-order valence-corrected chi connectivity index (χ1v) is 6.61. The van der Waals surface area contributed by atoms with Gasteiger partial charge >= 0.3 is 81.2 Å². The zero-order chi connectivity index (χ0) is 7.97. The van der Waals surface area contributed by atoms with E-state index in [0.717, 1.165) is 6.42 Å². The van der Waals surface area contributed by atoms with Gasteiger partial charge in [0, 0.05) is 0 Å². The van der Waals surface area contributed by atoms with E-state index < -0.39 is 0 Å². The SMILES string of the molecule is C1=Cc2cc3[te]ccc3cc2C1. The molecule has 12 heavy (non-hydrogen) atoms. The number of rotatable bonds is 0. The van der Waals surface area contributed by atoms with E-state index in [1.54, 1.807) is 3.40 Å². The maximum atomic E-state index is 2.39. The second kappa shape index (κ2) is 2.49. The molecule has 1 aliphatic rings. The van der Waals surface area contributed by atoms with Crippen molar-refractivity contribution >= 4 is 35.3 Å². The molecule has 0 radical (unpaired) electrons. The summed E-state index contributed by atoms with van der Waals surface area (Å²) in [6, 6.07) is 7.03. The van der Waals surface area contributed by atoms with Crippen molar-refractivity contribution in [2.24, 2.45) is 0 Å². The van der Waals surface area contributed by atoms with E-state index >= 15 is 0 Å². The summed E-state index contributed by atoms with van der Waals surface area (Å²) in [6.07, 6.45) is 5.64. The number of fused-ring (bicyclic) bond motifs is 2. The number of hydrogen-bond donors (Lipinski definition) is 0. The molecule has 0 N–H and O–H groups in total. The van der Waals surface area contributed by atoms with Gasteiger partial charge in [0.05, 0.1) is 0 Å². The van der Waals surface area contributed by atoms with Crippen LogP contribution in [-0.2, 0) is 6.42 Å². The normalized spacial score (nSPS) is 14.0. The summed E-state index contributed by atoms with van der Waals surface area (Å²) in [5, 5.41) is 1.49. The summed E-state index contributed by atoms with van der Waals surface area (Å²) >= 11 is 0.0327. The Kier molecular flexibility index (Phi) is 1.44. The first kappa shape index (κ1) is 6.95. The third kappa shape index (κ3) is 0.905. The minimum atomic E-state index is 0.0327. The van der Waals surface area contributed by atoms with Gasteiger partial charge in [0.15, 0.2) is 0 Å². The van der Waals surface area contributed by atoms with Crippen molar-refractivity contribution in [3.63, 3.8) is 0 Å². The number of benzene rings is 1. The quantitative estimate of drug-likeness (QED) is 0.644. The molecule has 0 aliphatic heterocycles. The molecule has 1 aromatic carbocycles. The number of hydrogen-bond acceptors (Lipinski definition) is 0. The van der Waals surface area contributed by atoms with Crippen LogP contribution in [0.25, 0.3) is 14.9 Å². The molecule has 0 bridgehead atoms. The van der Waals surface area contributed by atoms with E-state index in [0.29, 0.717) is 0 Å². The first-order valence-electron chi connectivity index (χ1n) is 4.10. The topological polar surface area (TPSA) is 0 Å². The fourth-order valence-corrected chi connectivity index (χ4v) is 4.06. The van der Waals surface area contributed by atoms with Gasteiger partial charge in [0.2, 0.25) is 0 Å². The molecule has 58 valence electrons. The second-order valence-corrected chi connectivity index (χ2v) is 5.82. The molecule has 1 aromatic heterocycles. The summed E-state index contributed by atoms with van der Waals surface area (Å²) in [5.41, 5.74) is 2.97. The van der Waals surface area contributed by atoms with Gasteiger partial charge in [-0.15, -0.1) is 0 Å². The van der Waals surface area contributed by atoms with Crippen LogP contribution in [0, 0.1) is 0 Å². The first-order chi connectivity index (χ1) is 5.93. The molecule has 1 heterocycles. The van der Waals surface area contributed by atoms with Crippen LogP contribution in [0.3, 0.4) is 0 Å². The maximum absolute atomic E-state index is 2.39.